The lowest BCUT2D eigenvalue weighted by atomic mass is 10.0. The Kier molecular flexibility index (Phi) is 4.12. The highest BCUT2D eigenvalue weighted by atomic mass is 16.6. The number of hydrogen-bond donors (Lipinski definition) is 1. The molecule has 0 aliphatic heterocycles. The van der Waals surface area contributed by atoms with Gasteiger partial charge in [-0.25, -0.2) is 4.79 Å². The van der Waals surface area contributed by atoms with Crippen molar-refractivity contribution in [2.24, 2.45) is 0 Å². The molecule has 0 spiro atoms. The average molecular weight is 280 g/mol. The lowest BCUT2D eigenvalue weighted by Crippen LogP contribution is -2.50. The molecule has 0 atom stereocenters. The number of carbonyl (C=O) groups is 2. The third-order valence-corrected chi connectivity index (χ3v) is 3.32. The smallest absolute Gasteiger partial charge is 0.329 e. The fourth-order valence-electron chi connectivity index (χ4n) is 1.53. The quantitative estimate of drug-likeness (QED) is 0.669. The Morgan fingerprint density at radius 2 is 1.90 bits per heavy atom. The molecule has 1 N–H and O–H groups in total. The summed E-state index contributed by atoms with van der Waals surface area (Å²) in [4.78, 5) is 34.7. The van der Waals surface area contributed by atoms with Gasteiger partial charge in [0.15, 0.2) is 0 Å². The Morgan fingerprint density at radius 1 is 1.35 bits per heavy atom. The van der Waals surface area contributed by atoms with Crippen molar-refractivity contribution in [3.8, 4) is 0 Å². The van der Waals surface area contributed by atoms with Gasteiger partial charge in [0.1, 0.15) is 5.54 Å². The summed E-state index contributed by atoms with van der Waals surface area (Å²) in [7, 11) is 1.35. The Morgan fingerprint density at radius 3 is 2.35 bits per heavy atom. The summed E-state index contributed by atoms with van der Waals surface area (Å²) < 4.78 is 0. The fourth-order valence-corrected chi connectivity index (χ4v) is 1.53. The highest BCUT2D eigenvalue weighted by Gasteiger charge is 2.35. The van der Waals surface area contributed by atoms with Crippen molar-refractivity contribution in [3.05, 3.63) is 39.4 Å². The van der Waals surface area contributed by atoms with Crippen LogP contribution in [0.3, 0.4) is 0 Å². The van der Waals surface area contributed by atoms with Gasteiger partial charge in [0, 0.05) is 24.2 Å². The summed E-state index contributed by atoms with van der Waals surface area (Å²) in [5, 5.41) is 20.0. The first-order valence-electron chi connectivity index (χ1n) is 5.85. The topological polar surface area (TPSA) is 101 Å². The summed E-state index contributed by atoms with van der Waals surface area (Å²) in [5.41, 5.74) is -1.06. The van der Waals surface area contributed by atoms with Gasteiger partial charge in [-0.1, -0.05) is 6.07 Å². The molecule has 7 heteroatoms. The second kappa shape index (κ2) is 5.28. The molecule has 1 rings (SSSR count). The Balaban J connectivity index is 3.19. The predicted molar refractivity (Wildman–Crippen MR) is 71.6 cm³/mol. The van der Waals surface area contributed by atoms with Crippen molar-refractivity contribution >= 4 is 17.6 Å². The van der Waals surface area contributed by atoms with Gasteiger partial charge < -0.3 is 10.0 Å². The molecule has 1 amide bonds. The largest absolute Gasteiger partial charge is 0.480 e. The molecular weight excluding hydrogens is 264 g/mol. The minimum absolute atomic E-state index is 0.0825. The van der Waals surface area contributed by atoms with Crippen molar-refractivity contribution in [2.75, 3.05) is 7.05 Å². The molecule has 0 radical (unpaired) electrons. The number of nitro groups is 1. The maximum Gasteiger partial charge on any atom is 0.329 e. The summed E-state index contributed by atoms with van der Waals surface area (Å²) >= 11 is 0. The number of aryl methyl sites for hydroxylation is 1. The van der Waals surface area contributed by atoms with Crippen LogP contribution in [-0.2, 0) is 4.79 Å². The normalized spacial score (nSPS) is 11.0. The first-order chi connectivity index (χ1) is 9.09. The highest BCUT2D eigenvalue weighted by Crippen LogP contribution is 2.22. The predicted octanol–water partition coefficient (Wildman–Crippen LogP) is 1.84. The van der Waals surface area contributed by atoms with Gasteiger partial charge >= 0.3 is 5.97 Å². The van der Waals surface area contributed by atoms with Crippen LogP contribution in [0.15, 0.2) is 18.2 Å². The Hall–Kier alpha value is -2.44. The van der Waals surface area contributed by atoms with Gasteiger partial charge in [-0.3, -0.25) is 14.9 Å². The number of hydrogen-bond acceptors (Lipinski definition) is 4. The van der Waals surface area contributed by atoms with Crippen LogP contribution in [0.4, 0.5) is 5.69 Å². The molecule has 20 heavy (non-hydrogen) atoms. The molecule has 0 fully saturated rings. The van der Waals surface area contributed by atoms with Crippen LogP contribution >= 0.6 is 0 Å². The number of amides is 1. The zero-order valence-electron chi connectivity index (χ0n) is 11.7. The van der Waals surface area contributed by atoms with Crippen molar-refractivity contribution in [1.82, 2.24) is 4.90 Å². The molecular formula is C13H16N2O5. The zero-order valence-corrected chi connectivity index (χ0v) is 11.7. The maximum atomic E-state index is 12.2. The average Bonchev–Trinajstić information content (AvgIpc) is 2.36. The van der Waals surface area contributed by atoms with E-state index in [1.807, 2.05) is 0 Å². The fraction of sp³-hybridized carbons (Fsp3) is 0.385. The molecule has 0 aliphatic rings. The molecule has 0 aliphatic carbocycles. The van der Waals surface area contributed by atoms with E-state index in [0.29, 0.717) is 5.56 Å². The monoisotopic (exact) mass is 280 g/mol. The van der Waals surface area contributed by atoms with Gasteiger partial charge in [-0.15, -0.1) is 0 Å². The Labute approximate surface area is 116 Å². The van der Waals surface area contributed by atoms with Crippen LogP contribution in [0, 0.1) is 17.0 Å². The third-order valence-electron chi connectivity index (χ3n) is 3.32. The number of likely N-dealkylation sites (N-methyl/N-ethyl adjacent to an activating group) is 1. The minimum Gasteiger partial charge on any atom is -0.480 e. The van der Waals surface area contributed by atoms with Crippen molar-refractivity contribution in [3.63, 3.8) is 0 Å². The van der Waals surface area contributed by atoms with E-state index in [1.54, 1.807) is 6.92 Å². The zero-order chi connectivity index (χ0) is 15.7. The first kappa shape index (κ1) is 15.6. The molecule has 0 unspecified atom stereocenters. The number of carbonyl (C=O) groups excluding carboxylic acids is 1. The molecule has 0 bridgehead atoms. The number of nitrogens with zero attached hydrogens (tertiary/aromatic N) is 2. The number of carboxylic acids is 1. The van der Waals surface area contributed by atoms with Gasteiger partial charge in [0.25, 0.3) is 11.6 Å². The molecule has 1 aromatic carbocycles. The lowest BCUT2D eigenvalue weighted by molar-refractivity contribution is -0.385. The Bertz CT molecular complexity index is 580. The van der Waals surface area contributed by atoms with Crippen LogP contribution in [0.1, 0.15) is 29.8 Å². The molecule has 0 heterocycles. The van der Waals surface area contributed by atoms with Crippen molar-refractivity contribution in [2.45, 2.75) is 26.3 Å². The summed E-state index contributed by atoms with van der Waals surface area (Å²) in [6, 6.07) is 4.07. The summed E-state index contributed by atoms with van der Waals surface area (Å²) in [6.45, 7) is 4.34. The van der Waals surface area contributed by atoms with Crippen LogP contribution in [-0.4, -0.2) is 39.4 Å². The van der Waals surface area contributed by atoms with Crippen molar-refractivity contribution in [1.29, 1.82) is 0 Å². The van der Waals surface area contributed by atoms with E-state index in [9.17, 15) is 19.7 Å². The number of nitro benzene ring substituents is 1. The standard InChI is InChI=1S/C13H16N2O5/c1-8-5-6-9(7-10(8)15(19)20)11(16)14(4)13(2,3)12(17)18/h5-7H,1-4H3,(H,17,18). The number of aliphatic carboxylic acids is 1. The summed E-state index contributed by atoms with van der Waals surface area (Å²) in [5.74, 6) is -1.74. The van der Waals surface area contributed by atoms with Crippen LogP contribution < -0.4 is 0 Å². The molecule has 108 valence electrons. The van der Waals surface area contributed by atoms with Gasteiger partial charge in [0.05, 0.1) is 4.92 Å². The second-order valence-electron chi connectivity index (χ2n) is 4.99. The lowest BCUT2D eigenvalue weighted by Gasteiger charge is -2.31. The summed E-state index contributed by atoms with van der Waals surface area (Å²) in [6.07, 6.45) is 0. The van der Waals surface area contributed by atoms with Crippen molar-refractivity contribution < 1.29 is 19.6 Å². The minimum atomic E-state index is -1.41. The van der Waals surface area contributed by atoms with Crippen LogP contribution in [0.2, 0.25) is 0 Å². The number of benzene rings is 1. The van der Waals surface area contributed by atoms with E-state index >= 15 is 0 Å². The molecule has 1 aromatic rings. The van der Waals surface area contributed by atoms with E-state index in [2.05, 4.69) is 0 Å². The van der Waals surface area contributed by atoms with E-state index in [-0.39, 0.29) is 11.3 Å². The molecule has 0 saturated heterocycles. The van der Waals surface area contributed by atoms with Crippen LogP contribution in [0.5, 0.6) is 0 Å². The molecule has 7 nitrogen and oxygen atoms in total. The van der Waals surface area contributed by atoms with Gasteiger partial charge in [-0.2, -0.15) is 0 Å². The van der Waals surface area contributed by atoms with Crippen LogP contribution in [0.25, 0.3) is 0 Å². The number of rotatable bonds is 4. The van der Waals surface area contributed by atoms with E-state index in [0.717, 1.165) is 11.0 Å². The van der Waals surface area contributed by atoms with E-state index in [1.165, 1.54) is 33.0 Å². The SMILES string of the molecule is Cc1ccc(C(=O)N(C)C(C)(C)C(=O)O)cc1[N+](=O)[O-]. The maximum absolute atomic E-state index is 12.2. The van der Waals surface area contributed by atoms with E-state index in [4.69, 9.17) is 5.11 Å². The van der Waals surface area contributed by atoms with E-state index < -0.39 is 22.3 Å². The first-order valence-corrected chi connectivity index (χ1v) is 5.85. The number of carboxylic acid groups (broad SMARTS) is 1. The molecule has 0 saturated carbocycles. The molecule has 0 aromatic heterocycles. The van der Waals surface area contributed by atoms with Gasteiger partial charge in [-0.05, 0) is 26.8 Å². The highest BCUT2D eigenvalue weighted by molar-refractivity contribution is 5.98. The third kappa shape index (κ3) is 2.76. The second-order valence-corrected chi connectivity index (χ2v) is 4.99. The van der Waals surface area contributed by atoms with Gasteiger partial charge in [0.2, 0.25) is 0 Å².